The molecule has 0 radical (unpaired) electrons. The second kappa shape index (κ2) is 11.0. The van der Waals surface area contributed by atoms with Gasteiger partial charge in [-0.1, -0.05) is 6.92 Å². The van der Waals surface area contributed by atoms with E-state index in [1.165, 1.54) is 4.90 Å². The number of carbonyl (C=O) groups is 2. The summed E-state index contributed by atoms with van der Waals surface area (Å²) in [5.74, 6) is 2.36. The van der Waals surface area contributed by atoms with Crippen LogP contribution >= 0.6 is 0 Å². The van der Waals surface area contributed by atoms with Crippen molar-refractivity contribution in [2.24, 2.45) is 0 Å². The number of hydrogen-bond acceptors (Lipinski definition) is 6. The molecule has 3 amide bonds. The Kier molecular flexibility index (Phi) is 7.62. The number of carboxylic acid groups (broad SMARTS) is 1. The molecule has 1 aliphatic rings. The van der Waals surface area contributed by atoms with Crippen LogP contribution in [-0.4, -0.2) is 60.0 Å². The van der Waals surface area contributed by atoms with Crippen LogP contribution in [0.25, 0.3) is 10.9 Å². The van der Waals surface area contributed by atoms with Gasteiger partial charge in [0.05, 0.1) is 19.7 Å². The Morgan fingerprint density at radius 3 is 2.47 bits per heavy atom. The molecule has 190 valence electrons. The number of ether oxygens (including phenoxy) is 3. The Bertz CT molecular complexity index is 1230. The van der Waals surface area contributed by atoms with Crippen LogP contribution in [0.3, 0.4) is 0 Å². The normalized spacial score (nSPS) is 17.4. The Labute approximate surface area is 209 Å². The number of anilines is 1. The summed E-state index contributed by atoms with van der Waals surface area (Å²) in [6, 6.07) is 11.9. The van der Waals surface area contributed by atoms with Gasteiger partial charge in [-0.15, -0.1) is 0 Å². The van der Waals surface area contributed by atoms with E-state index in [9.17, 15) is 14.7 Å². The van der Waals surface area contributed by atoms with Crippen molar-refractivity contribution in [3.8, 4) is 23.0 Å². The van der Waals surface area contributed by atoms with Crippen molar-refractivity contribution in [2.75, 3.05) is 26.1 Å². The van der Waals surface area contributed by atoms with Crippen LogP contribution in [0.1, 0.15) is 26.2 Å². The van der Waals surface area contributed by atoms with Gasteiger partial charge in [0.25, 0.3) is 0 Å². The molecule has 2 heterocycles. The zero-order valence-electron chi connectivity index (χ0n) is 20.5. The van der Waals surface area contributed by atoms with E-state index in [2.05, 4.69) is 15.6 Å². The van der Waals surface area contributed by atoms with E-state index >= 15 is 0 Å². The number of hydrogen-bond donors (Lipinski definition) is 3. The van der Waals surface area contributed by atoms with Gasteiger partial charge in [0.2, 0.25) is 0 Å². The third kappa shape index (κ3) is 5.54. The monoisotopic (exact) mass is 494 g/mol. The zero-order valence-corrected chi connectivity index (χ0v) is 20.5. The van der Waals surface area contributed by atoms with E-state index in [-0.39, 0.29) is 18.1 Å². The molecule has 0 spiro atoms. The molecule has 2 aromatic carbocycles. The van der Waals surface area contributed by atoms with Gasteiger partial charge in [-0.3, -0.25) is 4.98 Å². The second-order valence-electron chi connectivity index (χ2n) is 8.52. The lowest BCUT2D eigenvalue weighted by molar-refractivity contribution is 0.0965. The summed E-state index contributed by atoms with van der Waals surface area (Å²) < 4.78 is 16.8. The van der Waals surface area contributed by atoms with Gasteiger partial charge in [0.1, 0.15) is 11.5 Å². The van der Waals surface area contributed by atoms with Crippen molar-refractivity contribution in [1.29, 1.82) is 0 Å². The number of urea groups is 1. The van der Waals surface area contributed by atoms with Crippen molar-refractivity contribution in [3.63, 3.8) is 0 Å². The number of benzene rings is 2. The predicted octanol–water partition coefficient (Wildman–Crippen LogP) is 5.09. The number of carbonyl (C=O) groups excluding carboxylic acids is 1. The summed E-state index contributed by atoms with van der Waals surface area (Å²) in [5, 5.41) is 15.9. The number of piperidine rings is 1. The summed E-state index contributed by atoms with van der Waals surface area (Å²) in [4.78, 5) is 29.7. The smallest absolute Gasteiger partial charge is 0.407 e. The van der Waals surface area contributed by atoms with Gasteiger partial charge >= 0.3 is 12.1 Å². The molecule has 36 heavy (non-hydrogen) atoms. The minimum absolute atomic E-state index is 0.0799. The predicted molar refractivity (Wildman–Crippen MR) is 135 cm³/mol. The summed E-state index contributed by atoms with van der Waals surface area (Å²) in [5.41, 5.74) is 1.32. The summed E-state index contributed by atoms with van der Waals surface area (Å²) >= 11 is 0. The maximum atomic E-state index is 12.5. The minimum Gasteiger partial charge on any atom is -0.493 e. The largest absolute Gasteiger partial charge is 0.493 e. The minimum atomic E-state index is -0.911. The standard InChI is InChI=1S/C26H30N4O6/c1-4-18-13-17(10-12-30(18)26(32)33)29-25(31)28-16-5-7-19(8-6-16)36-22-9-11-27-21-15-24(35-3)23(34-2)14-20(21)22/h5-9,11,14-15,17-18H,4,10,12-13H2,1-3H3,(H,32,33)(H2,28,29,31). The highest BCUT2D eigenvalue weighted by molar-refractivity contribution is 5.90. The van der Waals surface area contributed by atoms with Crippen LogP contribution in [0.15, 0.2) is 48.7 Å². The molecular formula is C26H30N4O6. The van der Waals surface area contributed by atoms with E-state index in [0.29, 0.717) is 60.0 Å². The lowest BCUT2D eigenvalue weighted by atomic mass is 9.96. The maximum Gasteiger partial charge on any atom is 0.407 e. The van der Waals surface area contributed by atoms with Crippen molar-refractivity contribution >= 4 is 28.7 Å². The van der Waals surface area contributed by atoms with Crippen LogP contribution < -0.4 is 24.8 Å². The first-order valence-electron chi connectivity index (χ1n) is 11.8. The zero-order chi connectivity index (χ0) is 25.7. The molecule has 0 bridgehead atoms. The highest BCUT2D eigenvalue weighted by Gasteiger charge is 2.31. The summed E-state index contributed by atoms with van der Waals surface area (Å²) in [7, 11) is 3.15. The van der Waals surface area contributed by atoms with Crippen LogP contribution in [0.5, 0.6) is 23.0 Å². The fourth-order valence-corrected chi connectivity index (χ4v) is 4.44. The molecule has 10 nitrogen and oxygen atoms in total. The Balaban J connectivity index is 1.38. The van der Waals surface area contributed by atoms with E-state index in [0.717, 1.165) is 5.39 Å². The summed E-state index contributed by atoms with van der Waals surface area (Å²) in [6.07, 6.45) is 2.64. The lowest BCUT2D eigenvalue weighted by Gasteiger charge is -2.37. The van der Waals surface area contributed by atoms with E-state index < -0.39 is 6.09 Å². The molecular weight excluding hydrogens is 464 g/mol. The fourth-order valence-electron chi connectivity index (χ4n) is 4.44. The van der Waals surface area contributed by atoms with Crippen LogP contribution in [-0.2, 0) is 0 Å². The highest BCUT2D eigenvalue weighted by atomic mass is 16.5. The Morgan fingerprint density at radius 2 is 1.81 bits per heavy atom. The van der Waals surface area contributed by atoms with Crippen molar-refractivity contribution in [3.05, 3.63) is 48.7 Å². The van der Waals surface area contributed by atoms with Crippen molar-refractivity contribution < 1.29 is 28.9 Å². The molecule has 2 atom stereocenters. The van der Waals surface area contributed by atoms with Gasteiger partial charge in [-0.2, -0.15) is 0 Å². The Morgan fingerprint density at radius 1 is 1.08 bits per heavy atom. The van der Waals surface area contributed by atoms with Gasteiger partial charge in [-0.25, -0.2) is 9.59 Å². The number of likely N-dealkylation sites (tertiary alicyclic amines) is 1. The molecule has 3 aromatic rings. The fraction of sp³-hybridized carbons (Fsp3) is 0.346. The first-order chi connectivity index (χ1) is 17.4. The van der Waals surface area contributed by atoms with Crippen LogP contribution in [0.2, 0.25) is 0 Å². The van der Waals surface area contributed by atoms with E-state index in [1.807, 2.05) is 13.0 Å². The van der Waals surface area contributed by atoms with Crippen LogP contribution in [0.4, 0.5) is 15.3 Å². The molecule has 3 N–H and O–H groups in total. The number of pyridine rings is 1. The quantitative estimate of drug-likeness (QED) is 0.418. The number of rotatable bonds is 7. The third-order valence-electron chi connectivity index (χ3n) is 6.31. The van der Waals surface area contributed by atoms with Crippen molar-refractivity contribution in [2.45, 2.75) is 38.3 Å². The van der Waals surface area contributed by atoms with Gasteiger partial charge in [-0.05, 0) is 55.7 Å². The lowest BCUT2D eigenvalue weighted by Crippen LogP contribution is -2.52. The molecule has 4 rings (SSSR count). The number of nitrogens with zero attached hydrogens (tertiary/aromatic N) is 2. The number of aromatic nitrogens is 1. The molecule has 1 fully saturated rings. The first-order valence-corrected chi connectivity index (χ1v) is 11.8. The van der Waals surface area contributed by atoms with Gasteiger partial charge in [0, 0.05) is 42.0 Å². The molecule has 10 heteroatoms. The second-order valence-corrected chi connectivity index (χ2v) is 8.52. The molecule has 1 aromatic heterocycles. The van der Waals surface area contributed by atoms with Gasteiger partial charge in [0.15, 0.2) is 11.5 Å². The summed E-state index contributed by atoms with van der Waals surface area (Å²) in [6.45, 7) is 2.36. The van der Waals surface area contributed by atoms with E-state index in [4.69, 9.17) is 14.2 Å². The SMILES string of the molecule is CCC1CC(NC(=O)Nc2ccc(Oc3ccnc4cc(OC)c(OC)cc34)cc2)CCN1C(=O)O. The number of amides is 3. The third-order valence-corrected chi connectivity index (χ3v) is 6.31. The topological polar surface area (TPSA) is 122 Å². The number of nitrogens with one attached hydrogen (secondary N) is 2. The van der Waals surface area contributed by atoms with Crippen LogP contribution in [0, 0.1) is 0 Å². The van der Waals surface area contributed by atoms with Gasteiger partial charge < -0.3 is 34.9 Å². The first kappa shape index (κ1) is 24.9. The average molecular weight is 495 g/mol. The van der Waals surface area contributed by atoms with Crippen molar-refractivity contribution in [1.82, 2.24) is 15.2 Å². The maximum absolute atomic E-state index is 12.5. The van der Waals surface area contributed by atoms with E-state index in [1.54, 1.807) is 56.8 Å². The molecule has 1 aliphatic heterocycles. The average Bonchev–Trinajstić information content (AvgIpc) is 2.88. The highest BCUT2D eigenvalue weighted by Crippen LogP contribution is 2.37. The molecule has 2 unspecified atom stereocenters. The molecule has 1 saturated heterocycles. The molecule has 0 saturated carbocycles. The Hall–Kier alpha value is -4.21. The number of methoxy groups -OCH3 is 2. The molecule has 0 aliphatic carbocycles. The number of fused-ring (bicyclic) bond motifs is 1.